The van der Waals surface area contributed by atoms with Crippen LogP contribution in [-0.2, 0) is 14.3 Å². The maximum absolute atomic E-state index is 12.2. The lowest BCUT2D eigenvalue weighted by molar-refractivity contribution is -0.125. The predicted molar refractivity (Wildman–Crippen MR) is 86.4 cm³/mol. The number of benzene rings is 2. The largest absolute Gasteiger partial charge is 0.484 e. The highest BCUT2D eigenvalue weighted by atomic mass is 16.5. The lowest BCUT2D eigenvalue weighted by atomic mass is 10.1. The van der Waals surface area contributed by atoms with Crippen molar-refractivity contribution in [3.05, 3.63) is 65.7 Å². The standard InChI is InChI=1S/C18H17NO5/c1-12(20)17(13-5-3-2-4-6-13)24-18(22)14-7-9-15(10-8-14)23-11-16(19)21/h2-10,17H,11H2,1H3,(H2,19,21)/t17-/m1/s1. The number of ketones is 1. The summed E-state index contributed by atoms with van der Waals surface area (Å²) in [6.45, 7) is 1.12. The van der Waals surface area contributed by atoms with Crippen LogP contribution in [-0.4, -0.2) is 24.3 Å². The monoisotopic (exact) mass is 327 g/mol. The molecule has 0 aliphatic rings. The minimum atomic E-state index is -0.954. The van der Waals surface area contributed by atoms with Crippen LogP contribution in [0, 0.1) is 0 Å². The summed E-state index contributed by atoms with van der Waals surface area (Å²) in [6.07, 6.45) is -0.954. The highest BCUT2D eigenvalue weighted by Gasteiger charge is 2.22. The number of carbonyl (C=O) groups is 3. The van der Waals surface area contributed by atoms with E-state index in [0.717, 1.165) is 0 Å². The SMILES string of the molecule is CC(=O)[C@@H](OC(=O)c1ccc(OCC(N)=O)cc1)c1ccccc1. The third-order valence-electron chi connectivity index (χ3n) is 3.17. The molecule has 0 unspecified atom stereocenters. The summed E-state index contributed by atoms with van der Waals surface area (Å²) in [5.41, 5.74) is 5.86. The smallest absolute Gasteiger partial charge is 0.339 e. The first-order chi connectivity index (χ1) is 11.5. The summed E-state index contributed by atoms with van der Waals surface area (Å²) in [5, 5.41) is 0. The molecule has 0 heterocycles. The average Bonchev–Trinajstić information content (AvgIpc) is 2.58. The van der Waals surface area contributed by atoms with Gasteiger partial charge in [-0.05, 0) is 36.8 Å². The summed E-state index contributed by atoms with van der Waals surface area (Å²) in [4.78, 5) is 34.7. The number of nitrogens with two attached hydrogens (primary N) is 1. The summed E-state index contributed by atoms with van der Waals surface area (Å²) in [7, 11) is 0. The van der Waals surface area contributed by atoms with Crippen molar-refractivity contribution in [1.82, 2.24) is 0 Å². The van der Waals surface area contributed by atoms with E-state index in [1.165, 1.54) is 31.2 Å². The van der Waals surface area contributed by atoms with Crippen molar-refractivity contribution in [3.8, 4) is 5.75 Å². The van der Waals surface area contributed by atoms with Crippen molar-refractivity contribution in [2.45, 2.75) is 13.0 Å². The van der Waals surface area contributed by atoms with Crippen LogP contribution in [0.1, 0.15) is 28.9 Å². The molecule has 0 aromatic heterocycles. The van der Waals surface area contributed by atoms with Gasteiger partial charge in [-0.1, -0.05) is 30.3 Å². The third kappa shape index (κ3) is 4.67. The van der Waals surface area contributed by atoms with E-state index in [2.05, 4.69) is 0 Å². The zero-order valence-electron chi connectivity index (χ0n) is 13.1. The lowest BCUT2D eigenvalue weighted by Gasteiger charge is -2.15. The van der Waals surface area contributed by atoms with Gasteiger partial charge in [-0.15, -0.1) is 0 Å². The van der Waals surface area contributed by atoms with Gasteiger partial charge < -0.3 is 15.2 Å². The van der Waals surface area contributed by atoms with Gasteiger partial charge in [0.25, 0.3) is 5.91 Å². The Bertz CT molecular complexity index is 725. The number of hydrogen-bond donors (Lipinski definition) is 1. The average molecular weight is 327 g/mol. The molecular formula is C18H17NO5. The molecule has 0 spiro atoms. The zero-order valence-corrected chi connectivity index (χ0v) is 13.1. The predicted octanol–water partition coefficient (Wildman–Crippen LogP) is 2.04. The second kappa shape index (κ2) is 7.92. The van der Waals surface area contributed by atoms with Crippen LogP contribution in [0.2, 0.25) is 0 Å². The van der Waals surface area contributed by atoms with Gasteiger partial charge in [-0.3, -0.25) is 9.59 Å². The molecule has 0 aliphatic carbocycles. The van der Waals surface area contributed by atoms with E-state index in [0.29, 0.717) is 11.3 Å². The lowest BCUT2D eigenvalue weighted by Crippen LogP contribution is -2.20. The van der Waals surface area contributed by atoms with Crippen molar-refractivity contribution >= 4 is 17.7 Å². The zero-order chi connectivity index (χ0) is 17.5. The molecule has 124 valence electrons. The normalized spacial score (nSPS) is 11.4. The molecule has 2 rings (SSSR count). The molecule has 2 aromatic rings. The summed E-state index contributed by atoms with van der Waals surface area (Å²) < 4.78 is 10.4. The number of primary amides is 1. The Labute approximate surface area is 139 Å². The first-order valence-corrected chi connectivity index (χ1v) is 7.25. The topological polar surface area (TPSA) is 95.7 Å². The minimum Gasteiger partial charge on any atom is -0.484 e. The molecule has 1 atom stereocenters. The van der Waals surface area contributed by atoms with Crippen molar-refractivity contribution in [3.63, 3.8) is 0 Å². The number of esters is 1. The second-order valence-electron chi connectivity index (χ2n) is 5.09. The van der Waals surface area contributed by atoms with Crippen molar-refractivity contribution in [2.24, 2.45) is 5.73 Å². The molecule has 6 heteroatoms. The Morgan fingerprint density at radius 3 is 2.17 bits per heavy atom. The first-order valence-electron chi connectivity index (χ1n) is 7.25. The first kappa shape index (κ1) is 17.2. The Morgan fingerprint density at radius 2 is 1.62 bits per heavy atom. The molecule has 0 aliphatic heterocycles. The molecule has 0 fully saturated rings. The van der Waals surface area contributed by atoms with E-state index < -0.39 is 18.0 Å². The van der Waals surface area contributed by atoms with Crippen LogP contribution in [0.15, 0.2) is 54.6 Å². The van der Waals surface area contributed by atoms with Crippen LogP contribution in [0.25, 0.3) is 0 Å². The van der Waals surface area contributed by atoms with Gasteiger partial charge in [-0.2, -0.15) is 0 Å². The molecule has 1 amide bonds. The van der Waals surface area contributed by atoms with E-state index in [1.54, 1.807) is 24.3 Å². The molecule has 2 N–H and O–H groups in total. The molecule has 0 bridgehead atoms. The molecule has 24 heavy (non-hydrogen) atoms. The fourth-order valence-electron chi connectivity index (χ4n) is 2.03. The van der Waals surface area contributed by atoms with E-state index in [1.807, 2.05) is 6.07 Å². The quantitative estimate of drug-likeness (QED) is 0.785. The van der Waals surface area contributed by atoms with E-state index in [-0.39, 0.29) is 18.0 Å². The van der Waals surface area contributed by atoms with Crippen molar-refractivity contribution in [1.29, 1.82) is 0 Å². The number of hydrogen-bond acceptors (Lipinski definition) is 5. The van der Waals surface area contributed by atoms with E-state index >= 15 is 0 Å². The number of Topliss-reactive ketones (excluding diaryl/α,β-unsaturated/α-hetero) is 1. The molecular weight excluding hydrogens is 310 g/mol. The van der Waals surface area contributed by atoms with Crippen LogP contribution in [0.3, 0.4) is 0 Å². The van der Waals surface area contributed by atoms with Crippen molar-refractivity contribution in [2.75, 3.05) is 6.61 Å². The van der Waals surface area contributed by atoms with E-state index in [4.69, 9.17) is 15.2 Å². The molecule has 2 aromatic carbocycles. The van der Waals surface area contributed by atoms with Gasteiger partial charge in [0.1, 0.15) is 5.75 Å². The van der Waals surface area contributed by atoms with Gasteiger partial charge in [0.15, 0.2) is 18.5 Å². The highest BCUT2D eigenvalue weighted by molar-refractivity contribution is 5.92. The Morgan fingerprint density at radius 1 is 1.00 bits per heavy atom. The maximum atomic E-state index is 12.2. The molecule has 6 nitrogen and oxygen atoms in total. The highest BCUT2D eigenvalue weighted by Crippen LogP contribution is 2.21. The number of amides is 1. The van der Waals surface area contributed by atoms with Crippen LogP contribution >= 0.6 is 0 Å². The van der Waals surface area contributed by atoms with Gasteiger partial charge in [0.2, 0.25) is 0 Å². The van der Waals surface area contributed by atoms with Crippen molar-refractivity contribution < 1.29 is 23.9 Å². The number of rotatable bonds is 7. The summed E-state index contributed by atoms with van der Waals surface area (Å²) in [6, 6.07) is 14.8. The van der Waals surface area contributed by atoms with Gasteiger partial charge in [-0.25, -0.2) is 4.79 Å². The van der Waals surface area contributed by atoms with Gasteiger partial charge >= 0.3 is 5.97 Å². The fraction of sp³-hybridized carbons (Fsp3) is 0.167. The van der Waals surface area contributed by atoms with Crippen LogP contribution in [0.5, 0.6) is 5.75 Å². The molecule has 0 saturated heterocycles. The second-order valence-corrected chi connectivity index (χ2v) is 5.09. The Hall–Kier alpha value is -3.15. The third-order valence-corrected chi connectivity index (χ3v) is 3.17. The Kier molecular flexibility index (Phi) is 5.68. The maximum Gasteiger partial charge on any atom is 0.339 e. The van der Waals surface area contributed by atoms with Gasteiger partial charge in [0, 0.05) is 0 Å². The van der Waals surface area contributed by atoms with Crippen LogP contribution in [0.4, 0.5) is 0 Å². The number of ether oxygens (including phenoxy) is 2. The van der Waals surface area contributed by atoms with Crippen LogP contribution < -0.4 is 10.5 Å². The van der Waals surface area contributed by atoms with E-state index in [9.17, 15) is 14.4 Å². The molecule has 0 saturated carbocycles. The minimum absolute atomic E-state index is 0.246. The number of carbonyl (C=O) groups excluding carboxylic acids is 3. The summed E-state index contributed by atoms with van der Waals surface area (Å²) in [5.74, 6) is -1.08. The molecule has 0 radical (unpaired) electrons. The Balaban J connectivity index is 2.07. The fourth-order valence-corrected chi connectivity index (χ4v) is 2.03. The van der Waals surface area contributed by atoms with Gasteiger partial charge in [0.05, 0.1) is 5.56 Å². The summed E-state index contributed by atoms with van der Waals surface area (Å²) >= 11 is 0.